The van der Waals surface area contributed by atoms with Crippen molar-refractivity contribution in [3.05, 3.63) is 59.7 Å². The van der Waals surface area contributed by atoms with Crippen LogP contribution in [0.5, 0.6) is 11.5 Å². The summed E-state index contributed by atoms with van der Waals surface area (Å²) in [5.74, 6) is -1.82. The SMILES string of the molecule is COc1cccc(C(=O)Oc2ccc(C(=O)COC(=O)CN3C(=O)[C@@H]4[C@H]5CC[C@@H](C5)[C@@H]4C3=O)cc2)c1. The molecule has 2 aliphatic carbocycles. The van der Waals surface area contributed by atoms with Gasteiger partial charge in [0, 0.05) is 5.56 Å². The zero-order chi connectivity index (χ0) is 25.4. The fourth-order valence-electron chi connectivity index (χ4n) is 5.66. The molecule has 2 amide bonds. The monoisotopic (exact) mass is 491 g/mol. The second kappa shape index (κ2) is 9.56. The van der Waals surface area contributed by atoms with E-state index in [1.165, 1.54) is 31.4 Å². The van der Waals surface area contributed by atoms with E-state index in [0.29, 0.717) is 11.3 Å². The topological polar surface area (TPSA) is 116 Å². The van der Waals surface area contributed by atoms with Crippen molar-refractivity contribution in [2.24, 2.45) is 23.7 Å². The van der Waals surface area contributed by atoms with Gasteiger partial charge in [0.2, 0.25) is 11.8 Å². The molecule has 36 heavy (non-hydrogen) atoms. The highest BCUT2D eigenvalue weighted by atomic mass is 16.5. The highest BCUT2D eigenvalue weighted by molar-refractivity contribution is 6.08. The molecule has 0 radical (unpaired) electrons. The van der Waals surface area contributed by atoms with E-state index in [-0.39, 0.29) is 46.8 Å². The van der Waals surface area contributed by atoms with E-state index in [2.05, 4.69) is 0 Å². The van der Waals surface area contributed by atoms with Crippen molar-refractivity contribution >= 4 is 29.5 Å². The van der Waals surface area contributed by atoms with Crippen molar-refractivity contribution in [1.29, 1.82) is 0 Å². The van der Waals surface area contributed by atoms with Crippen LogP contribution in [0.2, 0.25) is 0 Å². The first-order valence-corrected chi connectivity index (χ1v) is 11.9. The summed E-state index contributed by atoms with van der Waals surface area (Å²) in [5.41, 5.74) is 0.566. The van der Waals surface area contributed by atoms with Crippen molar-refractivity contribution in [3.63, 3.8) is 0 Å². The van der Waals surface area contributed by atoms with E-state index >= 15 is 0 Å². The van der Waals surface area contributed by atoms with Gasteiger partial charge in [0.1, 0.15) is 18.0 Å². The van der Waals surface area contributed by atoms with Gasteiger partial charge in [-0.15, -0.1) is 0 Å². The molecule has 3 aliphatic rings. The Bertz CT molecular complexity index is 1210. The van der Waals surface area contributed by atoms with E-state index in [9.17, 15) is 24.0 Å². The number of rotatable bonds is 8. The van der Waals surface area contributed by atoms with Crippen LogP contribution in [-0.4, -0.2) is 54.7 Å². The van der Waals surface area contributed by atoms with Crippen molar-refractivity contribution in [3.8, 4) is 11.5 Å². The number of imide groups is 1. The molecule has 2 bridgehead atoms. The van der Waals surface area contributed by atoms with E-state index in [1.807, 2.05) is 0 Å². The number of esters is 2. The molecule has 4 atom stereocenters. The second-order valence-corrected chi connectivity index (χ2v) is 9.38. The molecule has 0 N–H and O–H groups in total. The molecular weight excluding hydrogens is 466 g/mol. The molecule has 2 aromatic carbocycles. The minimum Gasteiger partial charge on any atom is -0.497 e. The van der Waals surface area contributed by atoms with E-state index < -0.39 is 30.9 Å². The Balaban J connectivity index is 1.12. The fraction of sp³-hybridized carbons (Fsp3) is 0.370. The Hall–Kier alpha value is -4.01. The summed E-state index contributed by atoms with van der Waals surface area (Å²) < 4.78 is 15.5. The van der Waals surface area contributed by atoms with Gasteiger partial charge in [0.05, 0.1) is 24.5 Å². The van der Waals surface area contributed by atoms with Crippen LogP contribution in [-0.2, 0) is 19.1 Å². The highest BCUT2D eigenvalue weighted by Crippen LogP contribution is 2.56. The van der Waals surface area contributed by atoms with Crippen LogP contribution in [0.25, 0.3) is 0 Å². The smallest absolute Gasteiger partial charge is 0.343 e. The third-order valence-electron chi connectivity index (χ3n) is 7.36. The molecule has 5 rings (SSSR count). The lowest BCUT2D eigenvalue weighted by atomic mass is 9.81. The Morgan fingerprint density at radius 3 is 2.19 bits per heavy atom. The Morgan fingerprint density at radius 1 is 0.889 bits per heavy atom. The molecule has 0 unspecified atom stereocenters. The number of ether oxygens (including phenoxy) is 3. The van der Waals surface area contributed by atoms with Crippen LogP contribution >= 0.6 is 0 Å². The summed E-state index contributed by atoms with van der Waals surface area (Å²) in [6, 6.07) is 12.3. The maximum atomic E-state index is 12.7. The van der Waals surface area contributed by atoms with Gasteiger partial charge < -0.3 is 14.2 Å². The molecule has 186 valence electrons. The van der Waals surface area contributed by atoms with Gasteiger partial charge in [0.25, 0.3) is 0 Å². The van der Waals surface area contributed by atoms with Crippen LogP contribution in [0.15, 0.2) is 48.5 Å². The first-order chi connectivity index (χ1) is 17.4. The predicted octanol–water partition coefficient (Wildman–Crippen LogP) is 2.67. The van der Waals surface area contributed by atoms with Crippen molar-refractivity contribution in [2.75, 3.05) is 20.3 Å². The van der Waals surface area contributed by atoms with Crippen LogP contribution in [0.4, 0.5) is 0 Å². The zero-order valence-corrected chi connectivity index (χ0v) is 19.7. The number of benzene rings is 2. The molecule has 1 saturated heterocycles. The number of likely N-dealkylation sites (tertiary alicyclic amines) is 1. The lowest BCUT2D eigenvalue weighted by Gasteiger charge is -2.19. The molecule has 1 aliphatic heterocycles. The zero-order valence-electron chi connectivity index (χ0n) is 19.7. The molecule has 3 fully saturated rings. The normalized spacial score (nSPS) is 24.0. The quantitative estimate of drug-likeness (QED) is 0.240. The number of hydrogen-bond acceptors (Lipinski definition) is 8. The standard InChI is InChI=1S/C27H25NO8/c1-34-20-4-2-3-18(12-20)27(33)36-19-9-7-15(8-10-19)21(29)14-35-22(30)13-28-25(31)23-16-5-6-17(11-16)24(23)26(28)32/h2-4,7-10,12,16-17,23-24H,5-6,11,13-14H2,1H3/t16-,17-,23-,24+/m0/s1. The molecule has 0 spiro atoms. The van der Waals surface area contributed by atoms with Gasteiger partial charge in [-0.1, -0.05) is 6.07 Å². The Kier molecular flexibility index (Phi) is 6.30. The average molecular weight is 491 g/mol. The number of ketones is 1. The number of fused-ring (bicyclic) bond motifs is 5. The minimum absolute atomic E-state index is 0.233. The van der Waals surface area contributed by atoms with Gasteiger partial charge in [0.15, 0.2) is 12.4 Å². The van der Waals surface area contributed by atoms with E-state index in [0.717, 1.165) is 24.2 Å². The predicted molar refractivity (Wildman–Crippen MR) is 124 cm³/mol. The summed E-state index contributed by atoms with van der Waals surface area (Å²) in [7, 11) is 1.50. The number of Topliss-reactive ketones (excluding diaryl/α,β-unsaturated/α-hetero) is 1. The summed E-state index contributed by atoms with van der Waals surface area (Å²) in [6.07, 6.45) is 2.83. The summed E-state index contributed by atoms with van der Waals surface area (Å²) in [5, 5.41) is 0. The molecule has 0 aromatic heterocycles. The Morgan fingerprint density at radius 2 is 1.56 bits per heavy atom. The summed E-state index contributed by atoms with van der Waals surface area (Å²) in [6.45, 7) is -1.01. The van der Waals surface area contributed by atoms with E-state index in [1.54, 1.807) is 24.3 Å². The molecule has 2 aromatic rings. The lowest BCUT2D eigenvalue weighted by molar-refractivity contribution is -0.152. The summed E-state index contributed by atoms with van der Waals surface area (Å²) >= 11 is 0. The molecular formula is C27H25NO8. The van der Waals surface area contributed by atoms with Crippen molar-refractivity contribution in [2.45, 2.75) is 19.3 Å². The van der Waals surface area contributed by atoms with Gasteiger partial charge in [-0.3, -0.25) is 24.1 Å². The molecule has 1 heterocycles. The largest absolute Gasteiger partial charge is 0.497 e. The summed E-state index contributed by atoms with van der Waals surface area (Å²) in [4.78, 5) is 63.5. The third kappa shape index (κ3) is 4.36. The second-order valence-electron chi connectivity index (χ2n) is 9.38. The lowest BCUT2D eigenvalue weighted by Crippen LogP contribution is -2.38. The number of methoxy groups -OCH3 is 1. The third-order valence-corrected chi connectivity index (χ3v) is 7.36. The number of carbonyl (C=O) groups excluding carboxylic acids is 5. The van der Waals surface area contributed by atoms with E-state index in [4.69, 9.17) is 14.2 Å². The number of hydrogen-bond donors (Lipinski definition) is 0. The first-order valence-electron chi connectivity index (χ1n) is 11.9. The van der Waals surface area contributed by atoms with Crippen LogP contribution in [0.3, 0.4) is 0 Å². The molecule has 9 nitrogen and oxygen atoms in total. The van der Waals surface area contributed by atoms with Crippen molar-refractivity contribution in [1.82, 2.24) is 4.90 Å². The van der Waals surface area contributed by atoms with Gasteiger partial charge in [-0.05, 0) is 73.6 Å². The first kappa shape index (κ1) is 23.7. The van der Waals surface area contributed by atoms with Crippen LogP contribution in [0.1, 0.15) is 40.0 Å². The van der Waals surface area contributed by atoms with Gasteiger partial charge in [-0.25, -0.2) is 4.79 Å². The fourth-order valence-corrected chi connectivity index (χ4v) is 5.66. The average Bonchev–Trinajstić information content (AvgIpc) is 3.58. The number of carbonyl (C=O) groups is 5. The maximum Gasteiger partial charge on any atom is 0.343 e. The number of amides is 2. The maximum absolute atomic E-state index is 12.7. The molecule has 9 heteroatoms. The number of nitrogens with zero attached hydrogens (tertiary/aromatic N) is 1. The van der Waals surface area contributed by atoms with Crippen LogP contribution < -0.4 is 9.47 Å². The Labute approximate surface area is 207 Å². The van der Waals surface area contributed by atoms with Gasteiger partial charge >= 0.3 is 11.9 Å². The van der Waals surface area contributed by atoms with Crippen molar-refractivity contribution < 1.29 is 38.2 Å². The van der Waals surface area contributed by atoms with Gasteiger partial charge in [-0.2, -0.15) is 0 Å². The minimum atomic E-state index is -0.804. The van der Waals surface area contributed by atoms with Crippen LogP contribution in [0, 0.1) is 23.7 Å². The molecule has 2 saturated carbocycles. The highest BCUT2D eigenvalue weighted by Gasteiger charge is 2.61.